The molecule has 0 spiro atoms. The van der Waals surface area contributed by atoms with Crippen molar-refractivity contribution in [1.82, 2.24) is 5.32 Å². The zero-order valence-corrected chi connectivity index (χ0v) is 24.2. The summed E-state index contributed by atoms with van der Waals surface area (Å²) in [6, 6.07) is 8.40. The number of hydrogen-bond donors (Lipinski definition) is 3. The summed E-state index contributed by atoms with van der Waals surface area (Å²) in [6.45, 7) is 5.76. The highest BCUT2D eigenvalue weighted by Crippen LogP contribution is 2.70. The van der Waals surface area contributed by atoms with Gasteiger partial charge in [0.05, 0.1) is 12.2 Å². The van der Waals surface area contributed by atoms with Crippen LogP contribution in [0.15, 0.2) is 48.1 Å². The first-order chi connectivity index (χ1) is 19.7. The highest BCUT2D eigenvalue weighted by molar-refractivity contribution is 6.01. The fourth-order valence-corrected chi connectivity index (χ4v) is 10.1. The van der Waals surface area contributed by atoms with Gasteiger partial charge in [0.15, 0.2) is 23.5 Å². The van der Waals surface area contributed by atoms with Gasteiger partial charge in [-0.2, -0.15) is 0 Å². The van der Waals surface area contributed by atoms with Gasteiger partial charge in [-0.1, -0.05) is 49.8 Å². The van der Waals surface area contributed by atoms with E-state index in [2.05, 4.69) is 43.4 Å². The van der Waals surface area contributed by atoms with Crippen molar-refractivity contribution in [3.8, 4) is 0 Å². The third kappa shape index (κ3) is 4.03. The SMILES string of the molecule is C[C@]12C=CC(=O)C=C1CC[C@@H]1[C@@H]2[C@@H](O)C[C@@]2(C)[C@H]1C[C@H]1O[C@@H](c3ccc(CC4CCNCC4)cc3)O[C@]12C(=O)CO. The standard InChI is InChI=1S/C34H43NO6/c1-32-12-9-24(37)16-23(32)7-8-25-26-17-29-34(28(39)19-36,33(26,2)18-27(38)30(25)32)41-31(40-29)22-5-3-20(4-6-22)15-21-10-13-35-14-11-21/h3-6,9,12,16,21,25-27,29-31,35-36,38H,7-8,10-11,13-15,17-19H2,1-2H3/t25-,26-,27-,29+,30+,31+,32-,33-,34+/m0/s1. The maximum absolute atomic E-state index is 13.7. The van der Waals surface area contributed by atoms with Gasteiger partial charge in [-0.05, 0) is 93.5 Å². The number of aliphatic hydroxyl groups is 2. The number of rotatable bonds is 5. The molecule has 6 aliphatic rings. The molecule has 7 heteroatoms. The van der Waals surface area contributed by atoms with Gasteiger partial charge in [-0.3, -0.25) is 9.59 Å². The largest absolute Gasteiger partial charge is 0.393 e. The van der Waals surface area contributed by atoms with Gasteiger partial charge in [-0.15, -0.1) is 0 Å². The predicted molar refractivity (Wildman–Crippen MR) is 153 cm³/mol. The van der Waals surface area contributed by atoms with Gasteiger partial charge in [0.1, 0.15) is 6.61 Å². The van der Waals surface area contributed by atoms with Crippen molar-refractivity contribution in [3.05, 3.63) is 59.2 Å². The Hall–Kier alpha value is -2.16. The summed E-state index contributed by atoms with van der Waals surface area (Å²) in [7, 11) is 0. The number of nitrogens with one attached hydrogen (secondary N) is 1. The Balaban J connectivity index is 1.17. The first-order valence-corrected chi connectivity index (χ1v) is 15.6. The maximum Gasteiger partial charge on any atom is 0.193 e. The number of piperidine rings is 1. The highest BCUT2D eigenvalue weighted by Gasteiger charge is 2.75. The van der Waals surface area contributed by atoms with E-state index in [0.717, 1.165) is 43.5 Å². The smallest absolute Gasteiger partial charge is 0.193 e. The van der Waals surface area contributed by atoms with E-state index in [1.165, 1.54) is 18.4 Å². The molecule has 3 saturated carbocycles. The van der Waals surface area contributed by atoms with E-state index < -0.39 is 36.1 Å². The minimum atomic E-state index is -1.31. The molecule has 2 aliphatic heterocycles. The molecule has 0 bridgehead atoms. The normalized spacial score (nSPS) is 43.6. The van der Waals surface area contributed by atoms with E-state index >= 15 is 0 Å². The molecule has 2 heterocycles. The van der Waals surface area contributed by atoms with Crippen LogP contribution >= 0.6 is 0 Å². The number of carbonyl (C=O) groups is 2. The van der Waals surface area contributed by atoms with Crippen molar-refractivity contribution in [3.63, 3.8) is 0 Å². The first kappa shape index (κ1) is 27.7. The van der Waals surface area contributed by atoms with Crippen LogP contribution in [-0.2, 0) is 25.5 Å². The first-order valence-electron chi connectivity index (χ1n) is 15.6. The Kier molecular flexibility index (Phi) is 6.71. The molecule has 1 aromatic carbocycles. The number of fused-ring (bicyclic) bond motifs is 7. The number of allylic oxidation sites excluding steroid dienone is 4. The monoisotopic (exact) mass is 561 g/mol. The molecule has 0 aromatic heterocycles. The summed E-state index contributed by atoms with van der Waals surface area (Å²) in [4.78, 5) is 25.9. The fraction of sp³-hybridized carbons (Fsp3) is 0.647. The number of aliphatic hydroxyl groups excluding tert-OH is 2. The minimum absolute atomic E-state index is 0.0149. The van der Waals surface area contributed by atoms with Crippen LogP contribution in [0.25, 0.3) is 0 Å². The number of ether oxygens (including phenoxy) is 2. The molecular weight excluding hydrogens is 518 g/mol. The summed E-state index contributed by atoms with van der Waals surface area (Å²) in [5.41, 5.74) is 0.893. The topological polar surface area (TPSA) is 105 Å². The minimum Gasteiger partial charge on any atom is -0.393 e. The molecule has 5 fully saturated rings. The quantitative estimate of drug-likeness (QED) is 0.502. The molecule has 0 amide bonds. The average Bonchev–Trinajstić information content (AvgIpc) is 3.47. The molecule has 0 unspecified atom stereocenters. The van der Waals surface area contributed by atoms with E-state index in [4.69, 9.17) is 9.47 Å². The molecule has 1 aromatic rings. The molecule has 220 valence electrons. The molecule has 0 radical (unpaired) electrons. The van der Waals surface area contributed by atoms with E-state index in [-0.39, 0.29) is 34.7 Å². The molecule has 7 nitrogen and oxygen atoms in total. The molecule has 3 N–H and O–H groups in total. The van der Waals surface area contributed by atoms with Gasteiger partial charge < -0.3 is 25.0 Å². The van der Waals surface area contributed by atoms with E-state index in [1.54, 1.807) is 12.2 Å². The van der Waals surface area contributed by atoms with Crippen LogP contribution in [0.4, 0.5) is 0 Å². The maximum atomic E-state index is 13.7. The summed E-state index contributed by atoms with van der Waals surface area (Å²) in [5.74, 6) is 0.553. The van der Waals surface area contributed by atoms with Gasteiger partial charge >= 0.3 is 0 Å². The zero-order valence-electron chi connectivity index (χ0n) is 24.2. The summed E-state index contributed by atoms with van der Waals surface area (Å²) >= 11 is 0. The Morgan fingerprint density at radius 1 is 1.12 bits per heavy atom. The number of carbonyl (C=O) groups excluding carboxylic acids is 2. The van der Waals surface area contributed by atoms with Crippen LogP contribution in [0.5, 0.6) is 0 Å². The lowest BCUT2D eigenvalue weighted by molar-refractivity contribution is -0.201. The zero-order chi connectivity index (χ0) is 28.6. The number of benzene rings is 1. The number of hydrogen-bond acceptors (Lipinski definition) is 7. The number of Topliss-reactive ketones (excluding diaryl/α,β-unsaturated/α-hetero) is 1. The van der Waals surface area contributed by atoms with Crippen molar-refractivity contribution in [1.29, 1.82) is 0 Å². The molecule has 4 aliphatic carbocycles. The van der Waals surface area contributed by atoms with Crippen LogP contribution in [0, 0.1) is 34.5 Å². The third-order valence-electron chi connectivity index (χ3n) is 12.0. The van der Waals surface area contributed by atoms with Crippen molar-refractivity contribution < 1.29 is 29.3 Å². The van der Waals surface area contributed by atoms with Gasteiger partial charge in [0, 0.05) is 22.3 Å². The van der Waals surface area contributed by atoms with Gasteiger partial charge in [0.25, 0.3) is 0 Å². The Labute approximate surface area is 242 Å². The van der Waals surface area contributed by atoms with Crippen LogP contribution in [0.1, 0.15) is 69.8 Å². The Morgan fingerprint density at radius 3 is 2.61 bits per heavy atom. The Morgan fingerprint density at radius 2 is 1.88 bits per heavy atom. The summed E-state index contributed by atoms with van der Waals surface area (Å²) in [6.07, 6.45) is 9.67. The summed E-state index contributed by atoms with van der Waals surface area (Å²) in [5, 5.41) is 25.4. The molecule has 41 heavy (non-hydrogen) atoms. The third-order valence-corrected chi connectivity index (χ3v) is 12.0. The second kappa shape index (κ2) is 9.95. The van der Waals surface area contributed by atoms with Gasteiger partial charge in [0.2, 0.25) is 0 Å². The van der Waals surface area contributed by atoms with E-state index in [9.17, 15) is 19.8 Å². The second-order valence-corrected chi connectivity index (χ2v) is 14.0. The van der Waals surface area contributed by atoms with Crippen LogP contribution in [0.2, 0.25) is 0 Å². The molecule has 2 saturated heterocycles. The van der Waals surface area contributed by atoms with Crippen LogP contribution in [0.3, 0.4) is 0 Å². The second-order valence-electron chi connectivity index (χ2n) is 14.0. The van der Waals surface area contributed by atoms with Crippen LogP contribution < -0.4 is 5.32 Å². The average molecular weight is 562 g/mol. The summed E-state index contributed by atoms with van der Waals surface area (Å²) < 4.78 is 13.3. The van der Waals surface area contributed by atoms with Crippen molar-refractivity contribution >= 4 is 11.6 Å². The van der Waals surface area contributed by atoms with E-state index in [1.807, 2.05) is 6.08 Å². The Bertz CT molecular complexity index is 1280. The molecule has 7 rings (SSSR count). The van der Waals surface area contributed by atoms with Crippen molar-refractivity contribution in [2.75, 3.05) is 19.7 Å². The van der Waals surface area contributed by atoms with E-state index in [0.29, 0.717) is 18.8 Å². The lowest BCUT2D eigenvalue weighted by Crippen LogP contribution is -2.63. The lowest BCUT2D eigenvalue weighted by atomic mass is 9.46. The van der Waals surface area contributed by atoms with Crippen molar-refractivity contribution in [2.24, 2.45) is 34.5 Å². The fourth-order valence-electron chi connectivity index (χ4n) is 10.1. The highest BCUT2D eigenvalue weighted by atomic mass is 16.7. The molecular formula is C34H43NO6. The van der Waals surface area contributed by atoms with Gasteiger partial charge in [-0.25, -0.2) is 0 Å². The molecule has 9 atom stereocenters. The van der Waals surface area contributed by atoms with Crippen LogP contribution in [-0.4, -0.2) is 59.3 Å². The predicted octanol–water partition coefficient (Wildman–Crippen LogP) is 3.83. The lowest BCUT2D eigenvalue weighted by Gasteiger charge is -2.59. The number of ketones is 2. The van der Waals surface area contributed by atoms with Crippen molar-refractivity contribution in [2.45, 2.75) is 82.9 Å².